The van der Waals surface area contributed by atoms with Gasteiger partial charge < -0.3 is 9.97 Å². The first-order valence-corrected chi connectivity index (χ1v) is 5.36. The molecule has 0 saturated heterocycles. The van der Waals surface area contributed by atoms with Gasteiger partial charge in [0.05, 0.1) is 17.1 Å². The molecule has 3 aromatic rings. The molecular weight excluding hydrogens is 228 g/mol. The van der Waals surface area contributed by atoms with Crippen LogP contribution in [0.15, 0.2) is 41.3 Å². The van der Waals surface area contributed by atoms with Gasteiger partial charge in [0.15, 0.2) is 5.52 Å². The fourth-order valence-electron chi connectivity index (χ4n) is 1.82. The van der Waals surface area contributed by atoms with Gasteiger partial charge in [-0.2, -0.15) is 5.26 Å². The Morgan fingerprint density at radius 3 is 2.94 bits per heavy atom. The van der Waals surface area contributed by atoms with Crippen molar-refractivity contribution in [3.05, 3.63) is 52.4 Å². The first-order valence-electron chi connectivity index (χ1n) is 5.36. The quantitative estimate of drug-likeness (QED) is 0.675. The van der Waals surface area contributed by atoms with Crippen molar-refractivity contribution in [1.82, 2.24) is 15.0 Å². The summed E-state index contributed by atoms with van der Waals surface area (Å²) in [4.78, 5) is 21.4. The van der Waals surface area contributed by atoms with Crippen LogP contribution in [0.2, 0.25) is 0 Å². The largest absolute Gasteiger partial charge is 0.338 e. The lowest BCUT2D eigenvalue weighted by atomic mass is 10.1. The third kappa shape index (κ3) is 1.57. The summed E-state index contributed by atoms with van der Waals surface area (Å²) in [6.45, 7) is 0. The lowest BCUT2D eigenvalue weighted by molar-refractivity contribution is 1.25. The molecule has 0 aliphatic carbocycles. The van der Waals surface area contributed by atoms with Gasteiger partial charge in [-0.1, -0.05) is 12.1 Å². The SMILES string of the molecule is N#Cc1cccc(-c2nc3c(=O)[nH]ccc3[nH]2)c1. The van der Waals surface area contributed by atoms with Gasteiger partial charge >= 0.3 is 0 Å². The van der Waals surface area contributed by atoms with Crippen molar-refractivity contribution in [2.75, 3.05) is 0 Å². The van der Waals surface area contributed by atoms with Crippen molar-refractivity contribution in [3.63, 3.8) is 0 Å². The summed E-state index contributed by atoms with van der Waals surface area (Å²) in [5.74, 6) is 0.582. The number of imidazole rings is 1. The van der Waals surface area contributed by atoms with Crippen LogP contribution in [0, 0.1) is 11.3 Å². The molecule has 0 aliphatic heterocycles. The minimum absolute atomic E-state index is 0.230. The second-order valence-electron chi connectivity index (χ2n) is 3.85. The number of fused-ring (bicyclic) bond motifs is 1. The summed E-state index contributed by atoms with van der Waals surface area (Å²) >= 11 is 0. The molecule has 0 atom stereocenters. The van der Waals surface area contributed by atoms with Crippen LogP contribution in [0.5, 0.6) is 0 Å². The second-order valence-corrected chi connectivity index (χ2v) is 3.85. The lowest BCUT2D eigenvalue weighted by Crippen LogP contribution is -2.03. The number of nitrogens with one attached hydrogen (secondary N) is 2. The van der Waals surface area contributed by atoms with Gasteiger partial charge in [-0.15, -0.1) is 0 Å². The molecule has 86 valence electrons. The number of nitriles is 1. The summed E-state index contributed by atoms with van der Waals surface area (Å²) < 4.78 is 0. The third-order valence-electron chi connectivity index (χ3n) is 2.68. The summed E-state index contributed by atoms with van der Waals surface area (Å²) in [6, 6.07) is 10.9. The average molecular weight is 236 g/mol. The molecule has 0 spiro atoms. The maximum absolute atomic E-state index is 11.6. The Morgan fingerprint density at radius 2 is 2.17 bits per heavy atom. The number of pyridine rings is 1. The van der Waals surface area contributed by atoms with E-state index in [9.17, 15) is 4.79 Å². The van der Waals surface area contributed by atoms with Gasteiger partial charge in [-0.3, -0.25) is 4.79 Å². The zero-order valence-electron chi connectivity index (χ0n) is 9.27. The number of benzene rings is 1. The summed E-state index contributed by atoms with van der Waals surface area (Å²) in [7, 11) is 0. The van der Waals surface area contributed by atoms with Gasteiger partial charge in [0.25, 0.3) is 5.56 Å². The van der Waals surface area contributed by atoms with Gasteiger partial charge in [0.2, 0.25) is 0 Å². The van der Waals surface area contributed by atoms with Crippen LogP contribution in [-0.2, 0) is 0 Å². The number of nitrogens with zero attached hydrogens (tertiary/aromatic N) is 2. The van der Waals surface area contributed by atoms with Gasteiger partial charge in [-0.05, 0) is 18.2 Å². The van der Waals surface area contributed by atoms with E-state index >= 15 is 0 Å². The highest BCUT2D eigenvalue weighted by Crippen LogP contribution is 2.19. The molecule has 0 amide bonds. The summed E-state index contributed by atoms with van der Waals surface area (Å²) in [5.41, 5.74) is 2.16. The fraction of sp³-hybridized carbons (Fsp3) is 0. The van der Waals surface area contributed by atoms with E-state index in [2.05, 4.69) is 21.0 Å². The summed E-state index contributed by atoms with van der Waals surface area (Å²) in [5, 5.41) is 8.86. The Balaban J connectivity index is 2.23. The predicted molar refractivity (Wildman–Crippen MR) is 66.9 cm³/mol. The molecule has 2 heterocycles. The van der Waals surface area contributed by atoms with E-state index in [1.54, 1.807) is 30.5 Å². The lowest BCUT2D eigenvalue weighted by Gasteiger charge is -1.95. The van der Waals surface area contributed by atoms with Gasteiger partial charge in [-0.25, -0.2) is 4.98 Å². The van der Waals surface area contributed by atoms with E-state index < -0.39 is 0 Å². The van der Waals surface area contributed by atoms with Crippen LogP contribution < -0.4 is 5.56 Å². The van der Waals surface area contributed by atoms with E-state index in [1.807, 2.05) is 6.07 Å². The molecule has 3 rings (SSSR count). The van der Waals surface area contributed by atoms with Crippen molar-refractivity contribution in [3.8, 4) is 17.5 Å². The molecule has 5 nitrogen and oxygen atoms in total. The molecule has 2 aromatic heterocycles. The second kappa shape index (κ2) is 3.86. The van der Waals surface area contributed by atoms with Crippen LogP contribution in [0.25, 0.3) is 22.4 Å². The molecular formula is C13H8N4O. The van der Waals surface area contributed by atoms with Crippen molar-refractivity contribution in [1.29, 1.82) is 5.26 Å². The van der Waals surface area contributed by atoms with E-state index in [0.717, 1.165) is 5.56 Å². The number of H-pyrrole nitrogens is 2. The molecule has 0 radical (unpaired) electrons. The highest BCUT2D eigenvalue weighted by Gasteiger charge is 2.07. The minimum atomic E-state index is -0.230. The number of hydrogen-bond acceptors (Lipinski definition) is 3. The van der Waals surface area contributed by atoms with Crippen LogP contribution >= 0.6 is 0 Å². The Labute approximate surface area is 102 Å². The Bertz CT molecular complexity index is 823. The van der Waals surface area contributed by atoms with E-state index in [0.29, 0.717) is 22.4 Å². The zero-order valence-corrected chi connectivity index (χ0v) is 9.27. The van der Waals surface area contributed by atoms with Crippen LogP contribution in [0.3, 0.4) is 0 Å². The standard InChI is InChI=1S/C13H8N4O/c14-7-8-2-1-3-9(6-8)12-16-10-4-5-15-13(18)11(10)17-12/h1-6H,(H,15,18)(H,16,17). The number of hydrogen-bond donors (Lipinski definition) is 2. The Hall–Kier alpha value is -2.87. The maximum Gasteiger partial charge on any atom is 0.276 e. The van der Waals surface area contributed by atoms with E-state index in [-0.39, 0.29) is 5.56 Å². The fourth-order valence-corrected chi connectivity index (χ4v) is 1.82. The van der Waals surface area contributed by atoms with Crippen molar-refractivity contribution in [2.45, 2.75) is 0 Å². The number of rotatable bonds is 1. The van der Waals surface area contributed by atoms with Crippen LogP contribution in [0.1, 0.15) is 5.56 Å². The summed E-state index contributed by atoms with van der Waals surface area (Å²) in [6.07, 6.45) is 1.57. The van der Waals surface area contributed by atoms with Crippen molar-refractivity contribution < 1.29 is 0 Å². The first kappa shape index (κ1) is 10.3. The van der Waals surface area contributed by atoms with E-state index in [4.69, 9.17) is 5.26 Å². The molecule has 0 bridgehead atoms. The molecule has 18 heavy (non-hydrogen) atoms. The predicted octanol–water partition coefficient (Wildman–Crippen LogP) is 1.79. The third-order valence-corrected chi connectivity index (χ3v) is 2.68. The average Bonchev–Trinajstić information content (AvgIpc) is 2.84. The number of aromatic nitrogens is 3. The smallest absolute Gasteiger partial charge is 0.276 e. The molecule has 1 aromatic carbocycles. The van der Waals surface area contributed by atoms with Crippen molar-refractivity contribution in [2.24, 2.45) is 0 Å². The Morgan fingerprint density at radius 1 is 1.28 bits per heavy atom. The first-order chi connectivity index (χ1) is 8.78. The van der Waals surface area contributed by atoms with Gasteiger partial charge in [0, 0.05) is 11.8 Å². The maximum atomic E-state index is 11.6. The number of aromatic amines is 2. The molecule has 0 unspecified atom stereocenters. The monoisotopic (exact) mass is 236 g/mol. The van der Waals surface area contributed by atoms with E-state index in [1.165, 1.54) is 0 Å². The molecule has 2 N–H and O–H groups in total. The van der Waals surface area contributed by atoms with Crippen molar-refractivity contribution >= 4 is 11.0 Å². The molecule has 5 heteroatoms. The van der Waals surface area contributed by atoms with Gasteiger partial charge in [0.1, 0.15) is 5.82 Å². The molecule has 0 fully saturated rings. The normalized spacial score (nSPS) is 10.4. The zero-order chi connectivity index (χ0) is 12.5. The minimum Gasteiger partial charge on any atom is -0.338 e. The molecule has 0 saturated carbocycles. The van der Waals surface area contributed by atoms with Crippen LogP contribution in [0.4, 0.5) is 0 Å². The molecule has 0 aliphatic rings. The highest BCUT2D eigenvalue weighted by atomic mass is 16.1. The topological polar surface area (TPSA) is 85.3 Å². The van der Waals surface area contributed by atoms with Crippen LogP contribution in [-0.4, -0.2) is 15.0 Å². The highest BCUT2D eigenvalue weighted by molar-refractivity contribution is 5.78. The Kier molecular flexibility index (Phi) is 2.21.